The number of anilines is 1. The van der Waals surface area contributed by atoms with E-state index in [2.05, 4.69) is 4.98 Å². The highest BCUT2D eigenvalue weighted by Crippen LogP contribution is 2.34. The van der Waals surface area contributed by atoms with Crippen LogP contribution in [0, 0.1) is 6.92 Å². The second-order valence-corrected chi connectivity index (χ2v) is 9.92. The van der Waals surface area contributed by atoms with E-state index in [1.54, 1.807) is 0 Å². The average Bonchev–Trinajstić information content (AvgIpc) is 3.18. The average molecular weight is 493 g/mol. The van der Waals surface area contributed by atoms with Crippen LogP contribution in [0.5, 0.6) is 5.75 Å². The lowest BCUT2D eigenvalue weighted by molar-refractivity contribution is 0.0599. The molecule has 3 heterocycles. The molecule has 0 unspecified atom stereocenters. The molecule has 2 aromatic heterocycles. The highest BCUT2D eigenvalue weighted by molar-refractivity contribution is 7.20. The van der Waals surface area contributed by atoms with Gasteiger partial charge >= 0.3 is 0 Å². The normalized spacial score (nSPS) is 14.5. The first-order valence-electron chi connectivity index (χ1n) is 11.3. The molecule has 174 valence electrons. The lowest BCUT2D eigenvalue weighted by Gasteiger charge is -2.32. The summed E-state index contributed by atoms with van der Waals surface area (Å²) in [5, 5.41) is 1.47. The molecule has 0 spiro atoms. The quantitative estimate of drug-likeness (QED) is 0.397. The number of fused-ring (bicyclic) bond motifs is 1. The van der Waals surface area contributed by atoms with Crippen LogP contribution in [0.3, 0.4) is 0 Å². The number of hydrogen-bond donors (Lipinski definition) is 1. The minimum Gasteiger partial charge on any atom is -0.490 e. The monoisotopic (exact) mass is 492 g/mol. The summed E-state index contributed by atoms with van der Waals surface area (Å²) >= 11 is 7.35. The van der Waals surface area contributed by atoms with Gasteiger partial charge in [-0.3, -0.25) is 4.79 Å². The molecule has 5 rings (SSSR count). The molecule has 1 saturated heterocycles. The highest BCUT2D eigenvalue weighted by atomic mass is 35.5. The zero-order chi connectivity index (χ0) is 23.7. The lowest BCUT2D eigenvalue weighted by Crippen LogP contribution is -2.41. The summed E-state index contributed by atoms with van der Waals surface area (Å²) in [6.07, 6.45) is 2.24. The Balaban J connectivity index is 1.30. The number of nitrogens with zero attached hydrogens (tertiary/aromatic N) is 3. The van der Waals surface area contributed by atoms with Crippen molar-refractivity contribution in [1.29, 1.82) is 0 Å². The lowest BCUT2D eigenvalue weighted by atomic mass is 10.1. The van der Waals surface area contributed by atoms with Gasteiger partial charge < -0.3 is 15.4 Å². The minimum atomic E-state index is 0.0226. The summed E-state index contributed by atoms with van der Waals surface area (Å²) in [5.74, 6) is 1.92. The third-order valence-corrected chi connectivity index (χ3v) is 7.54. The van der Waals surface area contributed by atoms with Crippen LogP contribution >= 0.6 is 22.9 Å². The van der Waals surface area contributed by atoms with Gasteiger partial charge in [-0.1, -0.05) is 41.9 Å². The van der Waals surface area contributed by atoms with Gasteiger partial charge in [0.1, 0.15) is 28.3 Å². The molecular weight excluding hydrogens is 468 g/mol. The van der Waals surface area contributed by atoms with Crippen molar-refractivity contribution < 1.29 is 9.53 Å². The third-order valence-electron chi connectivity index (χ3n) is 6.11. The number of ether oxygens (including phenoxy) is 1. The van der Waals surface area contributed by atoms with E-state index in [1.807, 2.05) is 66.4 Å². The summed E-state index contributed by atoms with van der Waals surface area (Å²) in [6, 6.07) is 17.4. The molecule has 2 aromatic carbocycles. The summed E-state index contributed by atoms with van der Waals surface area (Å²) in [7, 11) is 0. The van der Waals surface area contributed by atoms with Gasteiger partial charge in [0.15, 0.2) is 0 Å². The molecule has 8 heteroatoms. The van der Waals surface area contributed by atoms with Crippen molar-refractivity contribution in [3.8, 4) is 5.75 Å². The number of halogens is 1. The minimum absolute atomic E-state index is 0.0226. The van der Waals surface area contributed by atoms with Gasteiger partial charge in [-0.15, -0.1) is 11.3 Å². The fourth-order valence-corrected chi connectivity index (χ4v) is 5.60. The Hall–Kier alpha value is -3.16. The van der Waals surface area contributed by atoms with Crippen LogP contribution in [0.15, 0.2) is 54.6 Å². The van der Waals surface area contributed by atoms with Crippen LogP contribution in [0.1, 0.15) is 39.5 Å². The van der Waals surface area contributed by atoms with Crippen molar-refractivity contribution in [3.63, 3.8) is 0 Å². The second kappa shape index (κ2) is 9.60. The van der Waals surface area contributed by atoms with Crippen LogP contribution in [0.25, 0.3) is 10.2 Å². The number of nitrogen functional groups attached to an aromatic ring is 1. The van der Waals surface area contributed by atoms with E-state index >= 15 is 0 Å². The van der Waals surface area contributed by atoms with Gasteiger partial charge in [-0.25, -0.2) is 9.97 Å². The molecule has 1 fully saturated rings. The van der Waals surface area contributed by atoms with E-state index in [0.29, 0.717) is 41.1 Å². The first-order chi connectivity index (χ1) is 16.5. The molecule has 0 atom stereocenters. The number of nitrogens with two attached hydrogens (primary N) is 1. The van der Waals surface area contributed by atoms with E-state index in [0.717, 1.165) is 39.9 Å². The van der Waals surface area contributed by atoms with E-state index in [1.165, 1.54) is 11.3 Å². The number of hydrogen-bond acceptors (Lipinski definition) is 6. The summed E-state index contributed by atoms with van der Waals surface area (Å²) in [4.78, 5) is 26.0. The molecule has 0 aliphatic carbocycles. The van der Waals surface area contributed by atoms with Crippen molar-refractivity contribution in [3.05, 3.63) is 81.4 Å². The van der Waals surface area contributed by atoms with Crippen molar-refractivity contribution in [1.82, 2.24) is 14.9 Å². The van der Waals surface area contributed by atoms with Gasteiger partial charge in [-0.2, -0.15) is 0 Å². The highest BCUT2D eigenvalue weighted by Gasteiger charge is 2.28. The van der Waals surface area contributed by atoms with Crippen molar-refractivity contribution in [2.75, 3.05) is 18.8 Å². The van der Waals surface area contributed by atoms with Gasteiger partial charge in [0.05, 0.1) is 10.3 Å². The van der Waals surface area contributed by atoms with Crippen LogP contribution in [0.2, 0.25) is 5.02 Å². The molecule has 34 heavy (non-hydrogen) atoms. The Bertz CT molecular complexity index is 1320. The molecule has 0 saturated carbocycles. The molecule has 4 aromatic rings. The van der Waals surface area contributed by atoms with E-state index < -0.39 is 0 Å². The summed E-state index contributed by atoms with van der Waals surface area (Å²) in [6.45, 7) is 3.22. The fraction of sp³-hybridized carbons (Fsp3) is 0.269. The third kappa shape index (κ3) is 4.72. The maximum atomic E-state index is 13.4. The topological polar surface area (TPSA) is 81.3 Å². The number of thiophene rings is 1. The number of likely N-dealkylation sites (tertiary alicyclic amines) is 1. The van der Waals surface area contributed by atoms with Gasteiger partial charge in [-0.05, 0) is 42.3 Å². The Morgan fingerprint density at radius 1 is 1.12 bits per heavy atom. The van der Waals surface area contributed by atoms with Crippen LogP contribution in [0.4, 0.5) is 5.82 Å². The SMILES string of the molecule is Cc1c(C(=O)N2CCC(Oc3ccc(Cl)cc3)CC2)sc2nc(Cc3ccccc3)nc(N)c12. The van der Waals surface area contributed by atoms with Gasteiger partial charge in [0.25, 0.3) is 5.91 Å². The van der Waals surface area contributed by atoms with Crippen LogP contribution in [-0.4, -0.2) is 40.0 Å². The number of aryl methyl sites for hydroxylation is 1. The Morgan fingerprint density at radius 2 is 1.82 bits per heavy atom. The number of carbonyl (C=O) groups excluding carboxylic acids is 1. The fourth-order valence-electron chi connectivity index (χ4n) is 4.30. The molecule has 0 radical (unpaired) electrons. The first-order valence-corrected chi connectivity index (χ1v) is 12.5. The number of amides is 1. The van der Waals surface area contributed by atoms with E-state index in [9.17, 15) is 4.79 Å². The molecule has 1 aliphatic rings. The zero-order valence-electron chi connectivity index (χ0n) is 18.8. The second-order valence-electron chi connectivity index (χ2n) is 8.49. The maximum absolute atomic E-state index is 13.4. The molecule has 0 bridgehead atoms. The number of benzene rings is 2. The number of carbonyl (C=O) groups is 1. The number of piperidine rings is 1. The zero-order valence-corrected chi connectivity index (χ0v) is 20.4. The molecular formula is C26H25ClN4O2S. The van der Waals surface area contributed by atoms with Gasteiger partial charge in [0.2, 0.25) is 0 Å². The molecule has 1 amide bonds. The standard InChI is InChI=1S/C26H25ClN4O2S/c1-16-22-24(28)29-21(15-17-5-3-2-4-6-17)30-25(22)34-23(16)26(32)31-13-11-20(12-14-31)33-19-9-7-18(27)8-10-19/h2-10,20H,11-15H2,1H3,(H2,28,29,30). The smallest absolute Gasteiger partial charge is 0.264 e. The molecule has 6 nitrogen and oxygen atoms in total. The van der Waals surface area contributed by atoms with Crippen LogP contribution in [-0.2, 0) is 6.42 Å². The maximum Gasteiger partial charge on any atom is 0.264 e. The van der Waals surface area contributed by atoms with Crippen molar-refractivity contribution in [2.45, 2.75) is 32.3 Å². The summed E-state index contributed by atoms with van der Waals surface area (Å²) < 4.78 is 6.06. The van der Waals surface area contributed by atoms with Crippen LogP contribution < -0.4 is 10.5 Å². The Kier molecular flexibility index (Phi) is 6.39. The first kappa shape index (κ1) is 22.6. The Labute approximate surface area is 207 Å². The van der Waals surface area contributed by atoms with E-state index in [-0.39, 0.29) is 12.0 Å². The molecule has 2 N–H and O–H groups in total. The van der Waals surface area contributed by atoms with E-state index in [4.69, 9.17) is 27.1 Å². The van der Waals surface area contributed by atoms with Crippen molar-refractivity contribution >= 4 is 44.9 Å². The van der Waals surface area contributed by atoms with Crippen molar-refractivity contribution in [2.24, 2.45) is 0 Å². The largest absolute Gasteiger partial charge is 0.490 e. The Morgan fingerprint density at radius 3 is 2.53 bits per heavy atom. The summed E-state index contributed by atoms with van der Waals surface area (Å²) in [5.41, 5.74) is 8.28. The predicted molar refractivity (Wildman–Crippen MR) is 137 cm³/mol. The van der Waals surface area contributed by atoms with Gasteiger partial charge in [0, 0.05) is 37.4 Å². The number of rotatable bonds is 5. The molecule has 1 aliphatic heterocycles. The number of aromatic nitrogens is 2. The predicted octanol–water partition coefficient (Wildman–Crippen LogP) is 5.51.